The summed E-state index contributed by atoms with van der Waals surface area (Å²) in [6, 6.07) is 12.2. The van der Waals surface area contributed by atoms with E-state index in [1.54, 1.807) is 30.3 Å². The molecule has 0 N–H and O–H groups in total. The standard InChI is InChI=1S/C21H24O6/c1-4-25-18-6-8-19(9-7-18)26-12-11-21(23)27-14-17-13-16(15(2)22)5-10-20(17)24-3/h5-10,13H,4,11-12,14H2,1-3H3. The van der Waals surface area contributed by atoms with Crippen LogP contribution in [0.1, 0.15) is 36.2 Å². The van der Waals surface area contributed by atoms with Gasteiger partial charge in [0.05, 0.1) is 26.7 Å². The van der Waals surface area contributed by atoms with E-state index in [-0.39, 0.29) is 25.4 Å². The van der Waals surface area contributed by atoms with Gasteiger partial charge in [-0.2, -0.15) is 0 Å². The van der Waals surface area contributed by atoms with E-state index in [0.717, 1.165) is 5.75 Å². The molecule has 0 spiro atoms. The molecule has 0 atom stereocenters. The van der Waals surface area contributed by atoms with E-state index in [1.807, 2.05) is 19.1 Å². The summed E-state index contributed by atoms with van der Waals surface area (Å²) in [5.41, 5.74) is 1.19. The monoisotopic (exact) mass is 372 g/mol. The highest BCUT2D eigenvalue weighted by Gasteiger charge is 2.10. The van der Waals surface area contributed by atoms with Crippen molar-refractivity contribution in [2.24, 2.45) is 0 Å². The zero-order valence-electron chi connectivity index (χ0n) is 15.8. The summed E-state index contributed by atoms with van der Waals surface area (Å²) < 4.78 is 21.4. The van der Waals surface area contributed by atoms with Gasteiger partial charge in [0.1, 0.15) is 23.9 Å². The number of benzene rings is 2. The predicted octanol–water partition coefficient (Wildman–Crippen LogP) is 3.81. The fourth-order valence-corrected chi connectivity index (χ4v) is 2.39. The summed E-state index contributed by atoms with van der Waals surface area (Å²) in [6.45, 7) is 4.24. The number of ketones is 1. The van der Waals surface area contributed by atoms with Crippen molar-refractivity contribution in [3.8, 4) is 17.2 Å². The highest BCUT2D eigenvalue weighted by Crippen LogP contribution is 2.21. The first-order chi connectivity index (χ1) is 13.0. The van der Waals surface area contributed by atoms with E-state index in [2.05, 4.69) is 0 Å². The van der Waals surface area contributed by atoms with Gasteiger partial charge in [0.25, 0.3) is 0 Å². The van der Waals surface area contributed by atoms with Crippen LogP contribution >= 0.6 is 0 Å². The molecule has 0 saturated heterocycles. The van der Waals surface area contributed by atoms with Gasteiger partial charge < -0.3 is 18.9 Å². The average Bonchev–Trinajstić information content (AvgIpc) is 2.67. The molecule has 0 aliphatic heterocycles. The Morgan fingerprint density at radius 2 is 1.63 bits per heavy atom. The van der Waals surface area contributed by atoms with E-state index in [9.17, 15) is 9.59 Å². The molecule has 2 rings (SSSR count). The van der Waals surface area contributed by atoms with E-state index >= 15 is 0 Å². The smallest absolute Gasteiger partial charge is 0.309 e. The van der Waals surface area contributed by atoms with Gasteiger partial charge in [-0.1, -0.05) is 0 Å². The largest absolute Gasteiger partial charge is 0.496 e. The van der Waals surface area contributed by atoms with Gasteiger partial charge in [0, 0.05) is 11.1 Å². The molecule has 27 heavy (non-hydrogen) atoms. The lowest BCUT2D eigenvalue weighted by molar-refractivity contribution is -0.145. The highest BCUT2D eigenvalue weighted by atomic mass is 16.5. The maximum Gasteiger partial charge on any atom is 0.309 e. The summed E-state index contributed by atoms with van der Waals surface area (Å²) >= 11 is 0. The molecule has 2 aromatic carbocycles. The number of hydrogen-bond donors (Lipinski definition) is 0. The molecule has 0 fully saturated rings. The first kappa shape index (κ1) is 20.3. The SMILES string of the molecule is CCOc1ccc(OCCC(=O)OCc2cc(C(C)=O)ccc2OC)cc1. The van der Waals surface area contributed by atoms with E-state index in [1.165, 1.54) is 14.0 Å². The molecule has 0 aliphatic carbocycles. The second-order valence-electron chi connectivity index (χ2n) is 5.75. The molecule has 0 bridgehead atoms. The van der Waals surface area contributed by atoms with E-state index in [4.69, 9.17) is 18.9 Å². The van der Waals surface area contributed by atoms with Gasteiger partial charge in [-0.3, -0.25) is 9.59 Å². The summed E-state index contributed by atoms with van der Waals surface area (Å²) in [7, 11) is 1.53. The van der Waals surface area contributed by atoms with Crippen molar-refractivity contribution < 1.29 is 28.5 Å². The number of methoxy groups -OCH3 is 1. The molecule has 0 saturated carbocycles. The Kier molecular flexibility index (Phi) is 7.67. The Labute approximate surface area is 159 Å². The molecule has 144 valence electrons. The number of ether oxygens (including phenoxy) is 4. The van der Waals surface area contributed by atoms with Gasteiger partial charge in [-0.05, 0) is 56.3 Å². The molecular weight excluding hydrogens is 348 g/mol. The van der Waals surface area contributed by atoms with Gasteiger partial charge in [-0.15, -0.1) is 0 Å². The molecular formula is C21H24O6. The third-order valence-corrected chi connectivity index (χ3v) is 3.79. The number of esters is 1. The topological polar surface area (TPSA) is 71.1 Å². The molecule has 0 heterocycles. The zero-order chi connectivity index (χ0) is 19.6. The van der Waals surface area contributed by atoms with Crippen LogP contribution in [0.2, 0.25) is 0 Å². The van der Waals surface area contributed by atoms with E-state index in [0.29, 0.717) is 29.2 Å². The molecule has 0 aromatic heterocycles. The van der Waals surface area contributed by atoms with Crippen LogP contribution in [0.15, 0.2) is 42.5 Å². The Morgan fingerprint density at radius 1 is 0.963 bits per heavy atom. The second kappa shape index (κ2) is 10.2. The van der Waals surface area contributed by atoms with Gasteiger partial charge in [-0.25, -0.2) is 0 Å². The Balaban J connectivity index is 1.80. The van der Waals surface area contributed by atoms with Crippen molar-refractivity contribution in [1.82, 2.24) is 0 Å². The number of Topliss-reactive ketones (excluding diaryl/α,β-unsaturated/α-hetero) is 1. The second-order valence-corrected chi connectivity index (χ2v) is 5.75. The minimum Gasteiger partial charge on any atom is -0.496 e. The average molecular weight is 372 g/mol. The van der Waals surface area contributed by atoms with Crippen LogP contribution in [0, 0.1) is 0 Å². The van der Waals surface area contributed by atoms with Crippen LogP contribution in [0.3, 0.4) is 0 Å². The van der Waals surface area contributed by atoms with Crippen molar-refractivity contribution in [3.05, 3.63) is 53.6 Å². The number of rotatable bonds is 10. The lowest BCUT2D eigenvalue weighted by atomic mass is 10.1. The highest BCUT2D eigenvalue weighted by molar-refractivity contribution is 5.94. The Bertz CT molecular complexity index is 767. The van der Waals surface area contributed by atoms with E-state index < -0.39 is 5.97 Å². The third kappa shape index (κ3) is 6.33. The van der Waals surface area contributed by atoms with Gasteiger partial charge >= 0.3 is 5.97 Å². The molecule has 0 unspecified atom stereocenters. The van der Waals surface area contributed by atoms with Crippen LogP contribution in [-0.2, 0) is 16.1 Å². The van der Waals surface area contributed by atoms with Crippen LogP contribution in [0.5, 0.6) is 17.2 Å². The summed E-state index contributed by atoms with van der Waals surface area (Å²) in [6.07, 6.45) is 0.113. The molecule has 0 radical (unpaired) electrons. The van der Waals surface area contributed by atoms with Gasteiger partial charge in [0.2, 0.25) is 0 Å². The number of carbonyl (C=O) groups excluding carboxylic acids is 2. The lowest BCUT2D eigenvalue weighted by Gasteiger charge is -2.11. The van der Waals surface area contributed by atoms with Crippen molar-refractivity contribution in [3.63, 3.8) is 0 Å². The molecule has 6 heteroatoms. The minimum atomic E-state index is -0.392. The predicted molar refractivity (Wildman–Crippen MR) is 101 cm³/mol. The summed E-state index contributed by atoms with van der Waals surface area (Å²) in [4.78, 5) is 23.4. The van der Waals surface area contributed by atoms with Crippen LogP contribution in [0.4, 0.5) is 0 Å². The third-order valence-electron chi connectivity index (χ3n) is 3.79. The maximum absolute atomic E-state index is 11.9. The maximum atomic E-state index is 11.9. The van der Waals surface area contributed by atoms with Crippen molar-refractivity contribution in [1.29, 1.82) is 0 Å². The van der Waals surface area contributed by atoms with Crippen molar-refractivity contribution in [2.45, 2.75) is 26.9 Å². The zero-order valence-corrected chi connectivity index (χ0v) is 15.8. The summed E-state index contributed by atoms with van der Waals surface area (Å²) in [5, 5.41) is 0. The summed E-state index contributed by atoms with van der Waals surface area (Å²) in [5.74, 6) is 1.54. The lowest BCUT2D eigenvalue weighted by Crippen LogP contribution is -2.10. The molecule has 6 nitrogen and oxygen atoms in total. The van der Waals surface area contributed by atoms with Crippen LogP contribution < -0.4 is 14.2 Å². The Hall–Kier alpha value is -3.02. The fraction of sp³-hybridized carbons (Fsp3) is 0.333. The van der Waals surface area contributed by atoms with Crippen molar-refractivity contribution >= 4 is 11.8 Å². The Morgan fingerprint density at radius 3 is 2.22 bits per heavy atom. The number of hydrogen-bond acceptors (Lipinski definition) is 6. The molecule has 2 aromatic rings. The molecule has 0 aliphatic rings. The first-order valence-corrected chi connectivity index (χ1v) is 8.72. The molecule has 0 amide bonds. The quantitative estimate of drug-likeness (QED) is 0.467. The van der Waals surface area contributed by atoms with Crippen molar-refractivity contribution in [2.75, 3.05) is 20.3 Å². The fourth-order valence-electron chi connectivity index (χ4n) is 2.39. The normalized spacial score (nSPS) is 10.2. The van der Waals surface area contributed by atoms with Crippen LogP contribution in [-0.4, -0.2) is 32.1 Å². The van der Waals surface area contributed by atoms with Gasteiger partial charge in [0.15, 0.2) is 5.78 Å². The number of carbonyl (C=O) groups is 2. The van der Waals surface area contributed by atoms with Crippen LogP contribution in [0.25, 0.3) is 0 Å². The first-order valence-electron chi connectivity index (χ1n) is 8.72. The minimum absolute atomic E-state index is 0.0339.